The summed E-state index contributed by atoms with van der Waals surface area (Å²) in [6, 6.07) is 10.6. The summed E-state index contributed by atoms with van der Waals surface area (Å²) >= 11 is 0. The second-order valence-corrected chi connectivity index (χ2v) is 8.47. The van der Waals surface area contributed by atoms with Crippen LogP contribution in [0, 0.1) is 12.7 Å². The predicted molar refractivity (Wildman–Crippen MR) is 130 cm³/mol. The number of likely N-dealkylation sites (tertiary alicyclic amines) is 1. The highest BCUT2D eigenvalue weighted by Crippen LogP contribution is 2.41. The average molecular weight is 457 g/mol. The van der Waals surface area contributed by atoms with Gasteiger partial charge < -0.3 is 14.6 Å². The maximum atomic E-state index is 15.0. The van der Waals surface area contributed by atoms with E-state index in [2.05, 4.69) is 21.5 Å². The van der Waals surface area contributed by atoms with Crippen LogP contribution in [-0.4, -0.2) is 45.0 Å². The van der Waals surface area contributed by atoms with Gasteiger partial charge in [0.2, 0.25) is 5.91 Å². The van der Waals surface area contributed by atoms with E-state index in [0.717, 1.165) is 29.5 Å². The summed E-state index contributed by atoms with van der Waals surface area (Å²) in [5, 5.41) is 0. The van der Waals surface area contributed by atoms with Crippen LogP contribution in [0.1, 0.15) is 18.4 Å². The zero-order valence-corrected chi connectivity index (χ0v) is 18.9. The highest BCUT2D eigenvalue weighted by atomic mass is 19.1. The van der Waals surface area contributed by atoms with Crippen molar-refractivity contribution >= 4 is 16.9 Å². The molecule has 0 radical (unpaired) electrons. The Kier molecular flexibility index (Phi) is 5.84. The van der Waals surface area contributed by atoms with E-state index in [1.165, 1.54) is 12.1 Å². The molecule has 1 N–H and O–H groups in total. The van der Waals surface area contributed by atoms with Gasteiger partial charge in [-0.2, -0.15) is 0 Å². The van der Waals surface area contributed by atoms with E-state index in [0.29, 0.717) is 41.2 Å². The fourth-order valence-corrected chi connectivity index (χ4v) is 4.62. The molecule has 0 spiro atoms. The Balaban J connectivity index is 1.57. The van der Waals surface area contributed by atoms with E-state index in [-0.39, 0.29) is 17.8 Å². The Labute approximate surface area is 197 Å². The maximum absolute atomic E-state index is 15.0. The van der Waals surface area contributed by atoms with Crippen molar-refractivity contribution in [2.75, 3.05) is 13.2 Å². The molecule has 1 atom stereocenters. The second-order valence-electron chi connectivity index (χ2n) is 8.47. The van der Waals surface area contributed by atoms with Crippen molar-refractivity contribution < 1.29 is 13.9 Å². The number of aryl methyl sites for hydroxylation is 1. The van der Waals surface area contributed by atoms with E-state index >= 15 is 4.39 Å². The molecule has 1 aromatic carbocycles. The van der Waals surface area contributed by atoms with Crippen molar-refractivity contribution in [2.45, 2.75) is 25.8 Å². The Hall–Kier alpha value is -4.00. The van der Waals surface area contributed by atoms with Gasteiger partial charge in [0.1, 0.15) is 18.2 Å². The first-order chi connectivity index (χ1) is 16.6. The number of amides is 1. The lowest BCUT2D eigenvalue weighted by atomic mass is 9.98. The van der Waals surface area contributed by atoms with Crippen LogP contribution in [-0.2, 0) is 4.79 Å². The van der Waals surface area contributed by atoms with Gasteiger partial charge in [-0.25, -0.2) is 4.39 Å². The quantitative estimate of drug-likeness (QED) is 0.400. The first kappa shape index (κ1) is 21.8. The minimum atomic E-state index is -0.320. The van der Waals surface area contributed by atoms with Crippen LogP contribution >= 0.6 is 0 Å². The number of carbonyl (C=O) groups excluding carboxylic acids is 1. The Morgan fingerprint density at radius 1 is 1.29 bits per heavy atom. The highest BCUT2D eigenvalue weighted by Gasteiger charge is 2.28. The van der Waals surface area contributed by atoms with E-state index in [4.69, 9.17) is 4.74 Å². The van der Waals surface area contributed by atoms with Gasteiger partial charge in [0, 0.05) is 35.6 Å². The molecule has 1 aliphatic rings. The van der Waals surface area contributed by atoms with Crippen LogP contribution in [0.15, 0.2) is 67.6 Å². The minimum Gasteiger partial charge on any atom is -0.489 e. The summed E-state index contributed by atoms with van der Waals surface area (Å²) in [6.45, 7) is 6.57. The number of ether oxygens (including phenoxy) is 1. The molecule has 0 unspecified atom stereocenters. The molecule has 34 heavy (non-hydrogen) atoms. The smallest absolute Gasteiger partial charge is 0.246 e. The van der Waals surface area contributed by atoms with Crippen molar-refractivity contribution in [3.63, 3.8) is 0 Å². The number of hydrogen-bond donors (Lipinski definition) is 1. The normalized spacial score (nSPS) is 15.6. The number of carbonyl (C=O) groups is 1. The fourth-order valence-electron chi connectivity index (χ4n) is 4.62. The lowest BCUT2D eigenvalue weighted by molar-refractivity contribution is -0.127. The summed E-state index contributed by atoms with van der Waals surface area (Å²) in [5.74, 6) is 0.150. The van der Waals surface area contributed by atoms with Crippen LogP contribution < -0.4 is 4.74 Å². The number of nitrogens with one attached hydrogen (secondary N) is 1. The molecule has 1 amide bonds. The topological polar surface area (TPSA) is 71.1 Å². The van der Waals surface area contributed by atoms with Crippen molar-refractivity contribution in [2.24, 2.45) is 0 Å². The number of fused-ring (bicyclic) bond motifs is 1. The van der Waals surface area contributed by atoms with Crippen LogP contribution in [0.3, 0.4) is 0 Å². The second kappa shape index (κ2) is 9.09. The number of halogens is 1. The summed E-state index contributed by atoms with van der Waals surface area (Å²) in [5.41, 5.74) is 5.05. The number of aromatic nitrogens is 3. The van der Waals surface area contributed by atoms with Gasteiger partial charge in [0.25, 0.3) is 0 Å². The number of nitrogens with zero attached hydrogens (tertiary/aromatic N) is 3. The minimum absolute atomic E-state index is 0.0309. The molecule has 1 fully saturated rings. The molecule has 4 heterocycles. The van der Waals surface area contributed by atoms with Gasteiger partial charge in [0.05, 0.1) is 29.0 Å². The molecule has 1 saturated heterocycles. The number of benzene rings is 1. The number of hydrogen-bond acceptors (Lipinski definition) is 4. The van der Waals surface area contributed by atoms with Gasteiger partial charge in [-0.05, 0) is 56.2 Å². The third kappa shape index (κ3) is 3.94. The van der Waals surface area contributed by atoms with Crippen molar-refractivity contribution in [1.82, 2.24) is 19.9 Å². The molecule has 0 saturated carbocycles. The molecule has 0 aliphatic carbocycles. The van der Waals surface area contributed by atoms with Crippen LogP contribution in [0.5, 0.6) is 5.75 Å². The number of pyridine rings is 2. The van der Waals surface area contributed by atoms with E-state index in [1.807, 2.05) is 31.2 Å². The van der Waals surface area contributed by atoms with Crippen molar-refractivity contribution in [3.05, 3.63) is 79.0 Å². The third-order valence-electron chi connectivity index (χ3n) is 6.27. The molecule has 3 aromatic heterocycles. The maximum Gasteiger partial charge on any atom is 0.246 e. The average Bonchev–Trinajstić information content (AvgIpc) is 3.48. The first-order valence-electron chi connectivity index (χ1n) is 11.3. The van der Waals surface area contributed by atoms with Gasteiger partial charge in [-0.1, -0.05) is 18.2 Å². The van der Waals surface area contributed by atoms with Gasteiger partial charge >= 0.3 is 0 Å². The molecular formula is C27H25FN4O2. The third-order valence-corrected chi connectivity index (χ3v) is 6.27. The summed E-state index contributed by atoms with van der Waals surface area (Å²) in [4.78, 5) is 26.2. The molecule has 6 nitrogen and oxygen atoms in total. The Bertz CT molecular complexity index is 1380. The molecule has 1 aliphatic heterocycles. The SMILES string of the molecule is C=CC(=O)N1CCC[C@H]1COc1cnccc1-c1[nH]c2cccnc2c1-c1cc(C)ccc1F. The van der Waals surface area contributed by atoms with Crippen molar-refractivity contribution in [3.8, 4) is 28.1 Å². The number of rotatable bonds is 6. The molecule has 5 rings (SSSR count). The largest absolute Gasteiger partial charge is 0.489 e. The van der Waals surface area contributed by atoms with Crippen LogP contribution in [0.25, 0.3) is 33.4 Å². The first-order valence-corrected chi connectivity index (χ1v) is 11.3. The fraction of sp³-hybridized carbons (Fsp3) is 0.222. The van der Waals surface area contributed by atoms with Crippen molar-refractivity contribution in [1.29, 1.82) is 0 Å². The monoisotopic (exact) mass is 456 g/mol. The lowest BCUT2D eigenvalue weighted by Gasteiger charge is -2.24. The standard InChI is InChI=1S/C27H25FN4O2/c1-3-24(33)32-13-5-6-18(32)16-34-23-15-29-12-10-19(23)26-25(20-14-17(2)8-9-21(20)28)27-22(31-26)7-4-11-30-27/h3-4,7-12,14-15,18,31H,1,5-6,13,16H2,2H3/t18-/m0/s1. The van der Waals surface area contributed by atoms with E-state index in [9.17, 15) is 4.79 Å². The van der Waals surface area contributed by atoms with E-state index < -0.39 is 0 Å². The number of aromatic amines is 1. The molecular weight excluding hydrogens is 431 g/mol. The zero-order valence-electron chi connectivity index (χ0n) is 18.9. The Morgan fingerprint density at radius 2 is 2.18 bits per heavy atom. The highest BCUT2D eigenvalue weighted by molar-refractivity contribution is 6.02. The predicted octanol–water partition coefficient (Wildman–Crippen LogP) is 5.30. The summed E-state index contributed by atoms with van der Waals surface area (Å²) in [7, 11) is 0. The molecule has 172 valence electrons. The van der Waals surface area contributed by atoms with Crippen LogP contribution in [0.2, 0.25) is 0 Å². The molecule has 7 heteroatoms. The van der Waals surface area contributed by atoms with Gasteiger partial charge in [-0.15, -0.1) is 0 Å². The van der Waals surface area contributed by atoms with E-state index in [1.54, 1.807) is 29.6 Å². The van der Waals surface area contributed by atoms with Gasteiger partial charge in [0.15, 0.2) is 0 Å². The zero-order chi connectivity index (χ0) is 23.7. The molecule has 0 bridgehead atoms. The number of H-pyrrole nitrogens is 1. The van der Waals surface area contributed by atoms with Gasteiger partial charge in [-0.3, -0.25) is 14.8 Å². The summed E-state index contributed by atoms with van der Waals surface area (Å²) in [6.07, 6.45) is 8.17. The molecule has 4 aromatic rings. The summed E-state index contributed by atoms with van der Waals surface area (Å²) < 4.78 is 21.2. The lowest BCUT2D eigenvalue weighted by Crippen LogP contribution is -2.38. The Morgan fingerprint density at radius 3 is 3.03 bits per heavy atom. The van der Waals surface area contributed by atoms with Crippen LogP contribution in [0.4, 0.5) is 4.39 Å².